The standard InChI is InChI=1S/C23H30N2O/c1-15-8-10-19(11-9-15)22(24)20-12-16(2)23(17(3)13-20)25-21(26)14-18-6-4-5-7-18/h8-13,18,22H,4-7,14,24H2,1-3H3,(H,25,26). The highest BCUT2D eigenvalue weighted by Gasteiger charge is 2.20. The van der Waals surface area contributed by atoms with Crippen molar-refractivity contribution in [3.63, 3.8) is 0 Å². The van der Waals surface area contributed by atoms with Crippen LogP contribution in [0.15, 0.2) is 36.4 Å². The van der Waals surface area contributed by atoms with E-state index in [0.717, 1.165) is 27.9 Å². The summed E-state index contributed by atoms with van der Waals surface area (Å²) in [5, 5.41) is 3.14. The first-order valence-corrected chi connectivity index (χ1v) is 9.67. The quantitative estimate of drug-likeness (QED) is 0.781. The molecule has 1 fully saturated rings. The topological polar surface area (TPSA) is 55.1 Å². The smallest absolute Gasteiger partial charge is 0.224 e. The normalized spacial score (nSPS) is 15.8. The van der Waals surface area contributed by atoms with Crippen molar-refractivity contribution in [3.8, 4) is 0 Å². The van der Waals surface area contributed by atoms with Crippen molar-refractivity contribution >= 4 is 11.6 Å². The monoisotopic (exact) mass is 350 g/mol. The third kappa shape index (κ3) is 4.34. The third-order valence-electron chi connectivity index (χ3n) is 5.56. The number of hydrogen-bond acceptors (Lipinski definition) is 2. The second kappa shape index (κ2) is 8.05. The Morgan fingerprint density at radius 1 is 1.04 bits per heavy atom. The minimum absolute atomic E-state index is 0.138. The van der Waals surface area contributed by atoms with Gasteiger partial charge >= 0.3 is 0 Å². The zero-order chi connectivity index (χ0) is 18.7. The van der Waals surface area contributed by atoms with Gasteiger partial charge in [0.05, 0.1) is 6.04 Å². The highest BCUT2D eigenvalue weighted by molar-refractivity contribution is 5.92. The van der Waals surface area contributed by atoms with E-state index in [0.29, 0.717) is 12.3 Å². The molecular weight excluding hydrogens is 320 g/mol. The summed E-state index contributed by atoms with van der Waals surface area (Å²) in [6.45, 7) is 6.17. The van der Waals surface area contributed by atoms with E-state index >= 15 is 0 Å². The molecular formula is C23H30N2O. The van der Waals surface area contributed by atoms with Gasteiger partial charge in [0.25, 0.3) is 0 Å². The molecule has 2 aromatic carbocycles. The van der Waals surface area contributed by atoms with Crippen molar-refractivity contribution < 1.29 is 4.79 Å². The predicted molar refractivity (Wildman–Crippen MR) is 108 cm³/mol. The first-order valence-electron chi connectivity index (χ1n) is 9.67. The number of carbonyl (C=O) groups excluding carboxylic acids is 1. The average molecular weight is 351 g/mol. The van der Waals surface area contributed by atoms with Crippen molar-refractivity contribution in [2.24, 2.45) is 11.7 Å². The van der Waals surface area contributed by atoms with Gasteiger partial charge in [-0.05, 0) is 61.8 Å². The predicted octanol–water partition coefficient (Wildman–Crippen LogP) is 5.18. The molecule has 2 aromatic rings. The number of anilines is 1. The molecule has 0 heterocycles. The second-order valence-corrected chi connectivity index (χ2v) is 7.82. The maximum atomic E-state index is 12.4. The molecule has 3 rings (SSSR count). The molecule has 1 amide bonds. The molecule has 0 aliphatic heterocycles. The first kappa shape index (κ1) is 18.7. The van der Waals surface area contributed by atoms with Gasteiger partial charge in [-0.1, -0.05) is 54.8 Å². The summed E-state index contributed by atoms with van der Waals surface area (Å²) in [6.07, 6.45) is 5.55. The van der Waals surface area contributed by atoms with E-state index in [1.54, 1.807) is 0 Å². The minimum Gasteiger partial charge on any atom is -0.326 e. The Morgan fingerprint density at radius 2 is 1.62 bits per heavy atom. The van der Waals surface area contributed by atoms with E-state index in [9.17, 15) is 4.79 Å². The maximum absolute atomic E-state index is 12.4. The Hall–Kier alpha value is -2.13. The van der Waals surface area contributed by atoms with Gasteiger partial charge in [0.1, 0.15) is 0 Å². The Balaban J connectivity index is 1.75. The van der Waals surface area contributed by atoms with Crippen molar-refractivity contribution in [3.05, 3.63) is 64.2 Å². The van der Waals surface area contributed by atoms with Crippen LogP contribution in [0.25, 0.3) is 0 Å². The number of benzene rings is 2. The van der Waals surface area contributed by atoms with Gasteiger partial charge in [0.2, 0.25) is 5.91 Å². The van der Waals surface area contributed by atoms with Crippen molar-refractivity contribution in [2.75, 3.05) is 5.32 Å². The lowest BCUT2D eigenvalue weighted by atomic mass is 9.94. The highest BCUT2D eigenvalue weighted by atomic mass is 16.1. The molecule has 1 aliphatic rings. The van der Waals surface area contributed by atoms with Crippen LogP contribution in [0.4, 0.5) is 5.69 Å². The van der Waals surface area contributed by atoms with Gasteiger partial charge < -0.3 is 11.1 Å². The summed E-state index contributed by atoms with van der Waals surface area (Å²) in [4.78, 5) is 12.4. The molecule has 3 heteroatoms. The minimum atomic E-state index is -0.156. The lowest BCUT2D eigenvalue weighted by Gasteiger charge is -2.19. The van der Waals surface area contributed by atoms with Gasteiger partial charge in [-0.2, -0.15) is 0 Å². The largest absolute Gasteiger partial charge is 0.326 e. The molecule has 138 valence electrons. The number of amides is 1. The molecule has 1 atom stereocenters. The van der Waals surface area contributed by atoms with Crippen molar-refractivity contribution in [1.82, 2.24) is 0 Å². The fourth-order valence-corrected chi connectivity index (χ4v) is 4.01. The van der Waals surface area contributed by atoms with Crippen LogP contribution in [-0.4, -0.2) is 5.91 Å². The van der Waals surface area contributed by atoms with E-state index in [-0.39, 0.29) is 11.9 Å². The first-order chi connectivity index (χ1) is 12.4. The number of nitrogens with one attached hydrogen (secondary N) is 1. The van der Waals surface area contributed by atoms with E-state index in [1.807, 2.05) is 13.8 Å². The number of rotatable bonds is 5. The Bertz CT molecular complexity index is 750. The lowest BCUT2D eigenvalue weighted by molar-refractivity contribution is -0.117. The fourth-order valence-electron chi connectivity index (χ4n) is 4.01. The van der Waals surface area contributed by atoms with Crippen molar-refractivity contribution in [2.45, 2.75) is 58.9 Å². The summed E-state index contributed by atoms with van der Waals surface area (Å²) < 4.78 is 0. The maximum Gasteiger partial charge on any atom is 0.224 e. The van der Waals surface area contributed by atoms with Gasteiger partial charge in [-0.15, -0.1) is 0 Å². The van der Waals surface area contributed by atoms with E-state index in [4.69, 9.17) is 5.73 Å². The second-order valence-electron chi connectivity index (χ2n) is 7.82. The van der Waals surface area contributed by atoms with Crippen LogP contribution in [0, 0.1) is 26.7 Å². The highest BCUT2D eigenvalue weighted by Crippen LogP contribution is 2.30. The van der Waals surface area contributed by atoms with Crippen LogP contribution in [0.3, 0.4) is 0 Å². The Morgan fingerprint density at radius 3 is 2.19 bits per heavy atom. The zero-order valence-corrected chi connectivity index (χ0v) is 16.1. The molecule has 0 saturated heterocycles. The average Bonchev–Trinajstić information content (AvgIpc) is 3.11. The van der Waals surface area contributed by atoms with Gasteiger partial charge in [-0.25, -0.2) is 0 Å². The van der Waals surface area contributed by atoms with Crippen LogP contribution < -0.4 is 11.1 Å². The van der Waals surface area contributed by atoms with Crippen LogP contribution >= 0.6 is 0 Å². The number of hydrogen-bond donors (Lipinski definition) is 2. The molecule has 0 aromatic heterocycles. The Labute approximate surface area is 157 Å². The number of aryl methyl sites for hydroxylation is 3. The molecule has 1 saturated carbocycles. The van der Waals surface area contributed by atoms with E-state index in [1.165, 1.54) is 31.2 Å². The Kier molecular flexibility index (Phi) is 5.77. The van der Waals surface area contributed by atoms with Crippen LogP contribution in [0.5, 0.6) is 0 Å². The zero-order valence-electron chi connectivity index (χ0n) is 16.1. The lowest BCUT2D eigenvalue weighted by Crippen LogP contribution is -2.18. The molecule has 1 unspecified atom stereocenters. The summed E-state index contributed by atoms with van der Waals surface area (Å²) in [7, 11) is 0. The molecule has 1 aliphatic carbocycles. The molecule has 0 bridgehead atoms. The van der Waals surface area contributed by atoms with Crippen LogP contribution in [-0.2, 0) is 4.79 Å². The fraction of sp³-hybridized carbons (Fsp3) is 0.435. The van der Waals surface area contributed by atoms with Crippen molar-refractivity contribution in [1.29, 1.82) is 0 Å². The van der Waals surface area contributed by atoms with E-state index in [2.05, 4.69) is 48.6 Å². The van der Waals surface area contributed by atoms with Crippen LogP contribution in [0.1, 0.15) is 66.0 Å². The number of nitrogens with two attached hydrogens (primary N) is 1. The molecule has 3 N–H and O–H groups in total. The van der Waals surface area contributed by atoms with Gasteiger partial charge in [-0.3, -0.25) is 4.79 Å². The third-order valence-corrected chi connectivity index (χ3v) is 5.56. The van der Waals surface area contributed by atoms with Crippen LogP contribution in [0.2, 0.25) is 0 Å². The molecule has 3 nitrogen and oxygen atoms in total. The summed E-state index contributed by atoms with van der Waals surface area (Å²) >= 11 is 0. The van der Waals surface area contributed by atoms with Gasteiger partial charge in [0, 0.05) is 12.1 Å². The number of carbonyl (C=O) groups is 1. The SMILES string of the molecule is Cc1ccc(C(N)c2cc(C)c(NC(=O)CC3CCCC3)c(C)c2)cc1. The summed E-state index contributed by atoms with van der Waals surface area (Å²) in [5.41, 5.74) is 13.0. The summed E-state index contributed by atoms with van der Waals surface area (Å²) in [6, 6.07) is 12.4. The molecule has 0 radical (unpaired) electrons. The van der Waals surface area contributed by atoms with E-state index < -0.39 is 0 Å². The summed E-state index contributed by atoms with van der Waals surface area (Å²) in [5.74, 6) is 0.698. The molecule has 0 spiro atoms. The van der Waals surface area contributed by atoms with Gasteiger partial charge in [0.15, 0.2) is 0 Å². The molecule has 26 heavy (non-hydrogen) atoms.